The Morgan fingerprint density at radius 3 is 3.05 bits per heavy atom. The molecule has 8 heteroatoms. The summed E-state index contributed by atoms with van der Waals surface area (Å²) < 4.78 is 0.819. The summed E-state index contributed by atoms with van der Waals surface area (Å²) in [6.07, 6.45) is 0.773. The molecular formula is C12H15N3O3S2. The highest BCUT2D eigenvalue weighted by molar-refractivity contribution is 7.99. The number of aliphatic hydroxyl groups excluding tert-OH is 1. The fourth-order valence-electron chi connectivity index (χ4n) is 1.77. The smallest absolute Gasteiger partial charge is 0.319 e. The van der Waals surface area contributed by atoms with Gasteiger partial charge in [-0.3, -0.25) is 10.1 Å². The zero-order valence-corrected chi connectivity index (χ0v) is 12.4. The van der Waals surface area contributed by atoms with E-state index in [0.29, 0.717) is 17.7 Å². The van der Waals surface area contributed by atoms with E-state index in [9.17, 15) is 10.1 Å². The van der Waals surface area contributed by atoms with E-state index in [0.717, 1.165) is 22.6 Å². The highest BCUT2D eigenvalue weighted by atomic mass is 32.2. The Kier molecular flexibility index (Phi) is 5.57. The van der Waals surface area contributed by atoms with Gasteiger partial charge in [0.15, 0.2) is 5.52 Å². The van der Waals surface area contributed by atoms with E-state index in [1.165, 1.54) is 11.3 Å². The molecule has 2 aromatic rings. The van der Waals surface area contributed by atoms with Crippen LogP contribution in [-0.4, -0.2) is 39.7 Å². The number of aliphatic hydroxyl groups is 1. The Balaban J connectivity index is 2.02. The largest absolute Gasteiger partial charge is 0.396 e. The van der Waals surface area contributed by atoms with Crippen molar-refractivity contribution in [1.29, 1.82) is 0 Å². The minimum absolute atomic E-state index is 0.0455. The zero-order chi connectivity index (χ0) is 14.4. The Morgan fingerprint density at radius 2 is 2.30 bits per heavy atom. The maximum Gasteiger partial charge on any atom is 0.319 e. The normalized spacial score (nSPS) is 10.8. The fraction of sp³-hybridized carbons (Fsp3) is 0.417. The van der Waals surface area contributed by atoms with E-state index in [4.69, 9.17) is 5.11 Å². The highest BCUT2D eigenvalue weighted by Crippen LogP contribution is 2.34. The van der Waals surface area contributed by atoms with Gasteiger partial charge in [0.05, 0.1) is 15.1 Å². The molecule has 108 valence electrons. The van der Waals surface area contributed by atoms with Gasteiger partial charge in [0.1, 0.15) is 5.69 Å². The maximum absolute atomic E-state index is 11.2. The van der Waals surface area contributed by atoms with Crippen molar-refractivity contribution in [3.63, 3.8) is 0 Å². The van der Waals surface area contributed by atoms with Crippen molar-refractivity contribution >= 4 is 44.7 Å². The molecular weight excluding hydrogens is 298 g/mol. The van der Waals surface area contributed by atoms with E-state index < -0.39 is 0 Å². The lowest BCUT2D eigenvalue weighted by Crippen LogP contribution is -2.07. The number of nitrogens with one attached hydrogen (secondary N) is 1. The summed E-state index contributed by atoms with van der Waals surface area (Å²) in [6.45, 7) is 0.846. The molecule has 0 unspecified atom stereocenters. The summed E-state index contributed by atoms with van der Waals surface area (Å²) in [5.74, 6) is 1.73. The first-order chi connectivity index (χ1) is 9.74. The van der Waals surface area contributed by atoms with Gasteiger partial charge in [0.2, 0.25) is 0 Å². The van der Waals surface area contributed by atoms with Crippen LogP contribution in [-0.2, 0) is 0 Å². The molecule has 0 aliphatic carbocycles. The Hall–Kier alpha value is -1.38. The van der Waals surface area contributed by atoms with Crippen molar-refractivity contribution in [3.8, 4) is 0 Å². The van der Waals surface area contributed by atoms with Crippen LogP contribution in [0.3, 0.4) is 0 Å². The number of nitro benzene ring substituents is 1. The number of anilines is 1. The highest BCUT2D eigenvalue weighted by Gasteiger charge is 2.20. The van der Waals surface area contributed by atoms with Crippen LogP contribution >= 0.6 is 23.1 Å². The average molecular weight is 313 g/mol. The second kappa shape index (κ2) is 7.41. The van der Waals surface area contributed by atoms with Gasteiger partial charge >= 0.3 is 5.69 Å². The maximum atomic E-state index is 11.2. The number of rotatable bonds is 8. The molecule has 0 bridgehead atoms. The molecule has 20 heavy (non-hydrogen) atoms. The summed E-state index contributed by atoms with van der Waals surface area (Å²) in [5.41, 5.74) is 2.62. The van der Waals surface area contributed by atoms with Crippen LogP contribution in [0.1, 0.15) is 6.42 Å². The number of thioether (sulfide) groups is 1. The van der Waals surface area contributed by atoms with Crippen LogP contribution < -0.4 is 5.32 Å². The molecule has 0 atom stereocenters. The Morgan fingerprint density at radius 1 is 1.45 bits per heavy atom. The lowest BCUT2D eigenvalue weighted by Gasteiger charge is -2.07. The van der Waals surface area contributed by atoms with E-state index in [-0.39, 0.29) is 17.2 Å². The third kappa shape index (κ3) is 3.59. The van der Waals surface area contributed by atoms with Crippen molar-refractivity contribution in [2.75, 3.05) is 30.0 Å². The molecule has 6 nitrogen and oxygen atoms in total. The summed E-state index contributed by atoms with van der Waals surface area (Å²) in [4.78, 5) is 14.9. The van der Waals surface area contributed by atoms with Crippen LogP contribution in [0.15, 0.2) is 17.6 Å². The van der Waals surface area contributed by atoms with E-state index in [1.807, 2.05) is 6.07 Å². The first-order valence-electron chi connectivity index (χ1n) is 6.17. The van der Waals surface area contributed by atoms with Gasteiger partial charge in [-0.25, -0.2) is 4.98 Å². The quantitative estimate of drug-likeness (QED) is 0.442. The van der Waals surface area contributed by atoms with Crippen LogP contribution in [0.4, 0.5) is 11.4 Å². The molecule has 0 aliphatic heterocycles. The van der Waals surface area contributed by atoms with Crippen LogP contribution in [0.2, 0.25) is 0 Å². The standard InChI is InChI=1S/C12H15N3O3S2/c16-5-1-6-19-7-4-13-9-2-3-10-11(14-8-20-10)12(9)15(17)18/h2-3,8,13,16H,1,4-7H2. The SMILES string of the molecule is O=[N+]([O-])c1c(NCCSCCCO)ccc2scnc12. The molecule has 1 aromatic carbocycles. The Bertz CT molecular complexity index is 588. The molecule has 0 amide bonds. The molecule has 0 spiro atoms. The number of hydrogen-bond acceptors (Lipinski definition) is 7. The van der Waals surface area contributed by atoms with Crippen molar-refractivity contribution in [2.45, 2.75) is 6.42 Å². The van der Waals surface area contributed by atoms with Gasteiger partial charge in [0, 0.05) is 18.9 Å². The number of aromatic nitrogens is 1. The van der Waals surface area contributed by atoms with Crippen molar-refractivity contribution in [2.24, 2.45) is 0 Å². The number of fused-ring (bicyclic) bond motifs is 1. The van der Waals surface area contributed by atoms with Crippen LogP contribution in [0.25, 0.3) is 10.2 Å². The van der Waals surface area contributed by atoms with Gasteiger partial charge in [0.25, 0.3) is 0 Å². The zero-order valence-electron chi connectivity index (χ0n) is 10.7. The van der Waals surface area contributed by atoms with E-state index >= 15 is 0 Å². The third-order valence-corrected chi connectivity index (χ3v) is 4.53. The molecule has 2 rings (SSSR count). The molecule has 0 aliphatic rings. The second-order valence-corrected chi connectivity index (χ2v) is 6.15. The first-order valence-corrected chi connectivity index (χ1v) is 8.20. The number of hydrogen-bond donors (Lipinski definition) is 2. The molecule has 0 saturated heterocycles. The molecule has 0 radical (unpaired) electrons. The molecule has 0 fully saturated rings. The number of nitrogens with zero attached hydrogens (tertiary/aromatic N) is 2. The summed E-state index contributed by atoms with van der Waals surface area (Å²) >= 11 is 3.10. The van der Waals surface area contributed by atoms with E-state index in [2.05, 4.69) is 10.3 Å². The van der Waals surface area contributed by atoms with Gasteiger partial charge in [-0.2, -0.15) is 11.8 Å². The fourth-order valence-corrected chi connectivity index (χ4v) is 3.23. The predicted octanol–water partition coefficient (Wildman–Crippen LogP) is 2.73. The van der Waals surface area contributed by atoms with Gasteiger partial charge in [-0.15, -0.1) is 11.3 Å². The van der Waals surface area contributed by atoms with Gasteiger partial charge in [-0.1, -0.05) is 0 Å². The number of benzene rings is 1. The number of thiazole rings is 1. The first kappa shape index (κ1) is 15.0. The predicted molar refractivity (Wildman–Crippen MR) is 83.8 cm³/mol. The van der Waals surface area contributed by atoms with Crippen molar-refractivity contribution in [1.82, 2.24) is 4.98 Å². The van der Waals surface area contributed by atoms with Crippen molar-refractivity contribution in [3.05, 3.63) is 27.8 Å². The van der Waals surface area contributed by atoms with Crippen molar-refractivity contribution < 1.29 is 10.0 Å². The summed E-state index contributed by atoms with van der Waals surface area (Å²) in [6, 6.07) is 3.58. The van der Waals surface area contributed by atoms with Gasteiger partial charge in [-0.05, 0) is 24.3 Å². The molecule has 1 aromatic heterocycles. The summed E-state index contributed by atoms with van der Waals surface area (Å²) in [5, 5.41) is 23.0. The average Bonchev–Trinajstić information content (AvgIpc) is 2.90. The monoisotopic (exact) mass is 313 g/mol. The lowest BCUT2D eigenvalue weighted by molar-refractivity contribution is -0.382. The number of nitro groups is 1. The van der Waals surface area contributed by atoms with E-state index in [1.54, 1.807) is 23.3 Å². The Labute approximate surface area is 124 Å². The molecule has 0 saturated carbocycles. The topological polar surface area (TPSA) is 88.3 Å². The van der Waals surface area contributed by atoms with Crippen LogP contribution in [0.5, 0.6) is 0 Å². The second-order valence-electron chi connectivity index (χ2n) is 4.03. The van der Waals surface area contributed by atoms with Crippen LogP contribution in [0, 0.1) is 10.1 Å². The molecule has 2 N–H and O–H groups in total. The van der Waals surface area contributed by atoms with Gasteiger partial charge < -0.3 is 10.4 Å². The minimum atomic E-state index is -0.386. The lowest BCUT2D eigenvalue weighted by atomic mass is 10.2. The minimum Gasteiger partial charge on any atom is -0.396 e. The molecule has 1 heterocycles. The third-order valence-electron chi connectivity index (χ3n) is 2.67. The summed E-state index contributed by atoms with van der Waals surface area (Å²) in [7, 11) is 0.